The van der Waals surface area contributed by atoms with Gasteiger partial charge in [0.05, 0.1) is 23.6 Å². The Morgan fingerprint density at radius 2 is 1.82 bits per heavy atom. The van der Waals surface area contributed by atoms with Crippen LogP contribution in [0.3, 0.4) is 0 Å². The van der Waals surface area contributed by atoms with E-state index in [4.69, 9.17) is 11.5 Å². The standard InChI is InChI=1S/C23H30N6O2.C2H6/c1-16-2-4-17(5-3-16)15-29-12-9-23(8-11-24,10-13-29)27-14-19(21(26)30)20(25)28-22(31)18-6-7-18;1-2/h2-5,14,18,27H,6-10,12-13,15H2,1H3,(H2,26,30)(H2,25,28,31);1-2H3/b19-14+;. The van der Waals surface area contributed by atoms with Gasteiger partial charge < -0.3 is 16.8 Å². The maximum absolute atomic E-state index is 11.9. The predicted octanol–water partition coefficient (Wildman–Crippen LogP) is 2.52. The van der Waals surface area contributed by atoms with E-state index in [0.29, 0.717) is 0 Å². The molecule has 5 N–H and O–H groups in total. The number of primary amides is 1. The van der Waals surface area contributed by atoms with Crippen molar-refractivity contribution >= 4 is 17.6 Å². The Hall–Kier alpha value is -3.18. The second kappa shape index (κ2) is 12.2. The summed E-state index contributed by atoms with van der Waals surface area (Å²) in [6.45, 7) is 8.55. The van der Waals surface area contributed by atoms with E-state index in [0.717, 1.165) is 45.3 Å². The zero-order valence-electron chi connectivity index (χ0n) is 19.9. The molecule has 8 heteroatoms. The van der Waals surface area contributed by atoms with Crippen LogP contribution in [0.15, 0.2) is 41.0 Å². The lowest BCUT2D eigenvalue weighted by molar-refractivity contribution is -0.118. The van der Waals surface area contributed by atoms with E-state index in [1.54, 1.807) is 0 Å². The zero-order chi connectivity index (χ0) is 24.4. The maximum atomic E-state index is 11.9. The number of hydrogen-bond acceptors (Lipinski definition) is 5. The van der Waals surface area contributed by atoms with Crippen LogP contribution in [0.4, 0.5) is 0 Å². The van der Waals surface area contributed by atoms with Crippen molar-refractivity contribution in [3.05, 3.63) is 47.2 Å². The van der Waals surface area contributed by atoms with Gasteiger partial charge >= 0.3 is 0 Å². The number of amides is 2. The van der Waals surface area contributed by atoms with Gasteiger partial charge in [-0.1, -0.05) is 43.7 Å². The van der Waals surface area contributed by atoms with Crippen molar-refractivity contribution in [2.24, 2.45) is 22.4 Å². The summed E-state index contributed by atoms with van der Waals surface area (Å²) in [5, 5.41) is 12.6. The summed E-state index contributed by atoms with van der Waals surface area (Å²) in [6.07, 6.45) is 4.77. The van der Waals surface area contributed by atoms with Crippen molar-refractivity contribution in [3.8, 4) is 6.07 Å². The molecular formula is C25H36N6O2. The van der Waals surface area contributed by atoms with Crippen LogP contribution in [0.25, 0.3) is 0 Å². The zero-order valence-corrected chi connectivity index (χ0v) is 19.9. The molecule has 0 spiro atoms. The molecule has 1 aromatic rings. The summed E-state index contributed by atoms with van der Waals surface area (Å²) >= 11 is 0. The predicted molar refractivity (Wildman–Crippen MR) is 130 cm³/mol. The third kappa shape index (κ3) is 7.72. The van der Waals surface area contributed by atoms with Crippen molar-refractivity contribution in [1.82, 2.24) is 10.2 Å². The number of likely N-dealkylation sites (tertiary alicyclic amines) is 1. The summed E-state index contributed by atoms with van der Waals surface area (Å²) in [6, 6.07) is 10.7. The second-order valence-corrected chi connectivity index (χ2v) is 8.55. The largest absolute Gasteiger partial charge is 0.384 e. The van der Waals surface area contributed by atoms with Gasteiger partial charge in [0.2, 0.25) is 0 Å². The summed E-state index contributed by atoms with van der Waals surface area (Å²) in [5.74, 6) is -1.36. The van der Waals surface area contributed by atoms with E-state index in [1.807, 2.05) is 13.8 Å². The molecule has 1 heterocycles. The fraction of sp³-hybridized carbons (Fsp3) is 0.520. The van der Waals surface area contributed by atoms with Crippen LogP contribution < -0.4 is 16.8 Å². The van der Waals surface area contributed by atoms with E-state index in [-0.39, 0.29) is 29.7 Å². The summed E-state index contributed by atoms with van der Waals surface area (Å²) in [7, 11) is 0. The first-order valence-corrected chi connectivity index (χ1v) is 11.6. The normalized spacial score (nSPS) is 18.5. The lowest BCUT2D eigenvalue weighted by atomic mass is 9.84. The third-order valence-corrected chi connectivity index (χ3v) is 5.98. The Bertz CT molecular complexity index is 917. The van der Waals surface area contributed by atoms with Crippen LogP contribution >= 0.6 is 0 Å². The first-order valence-electron chi connectivity index (χ1n) is 11.6. The molecule has 0 atom stereocenters. The van der Waals surface area contributed by atoms with Gasteiger partial charge in [-0.15, -0.1) is 0 Å². The molecule has 2 amide bonds. The molecule has 1 aromatic carbocycles. The van der Waals surface area contributed by atoms with Gasteiger partial charge in [0.1, 0.15) is 5.84 Å². The van der Waals surface area contributed by atoms with E-state index in [9.17, 15) is 14.9 Å². The van der Waals surface area contributed by atoms with Gasteiger partial charge in [-0.2, -0.15) is 10.3 Å². The number of hydrogen-bond donors (Lipinski definition) is 3. The van der Waals surface area contributed by atoms with Crippen LogP contribution in [0, 0.1) is 24.2 Å². The summed E-state index contributed by atoms with van der Waals surface area (Å²) in [4.78, 5) is 30.0. The third-order valence-electron chi connectivity index (χ3n) is 5.98. The molecule has 1 aliphatic carbocycles. The van der Waals surface area contributed by atoms with Crippen molar-refractivity contribution < 1.29 is 9.59 Å². The van der Waals surface area contributed by atoms with Crippen molar-refractivity contribution in [2.45, 2.75) is 65.0 Å². The van der Waals surface area contributed by atoms with Gasteiger partial charge in [-0.25, -0.2) is 0 Å². The molecule has 0 aromatic heterocycles. The molecule has 0 unspecified atom stereocenters. The Balaban J connectivity index is 0.00000187. The number of carbonyl (C=O) groups excluding carboxylic acids is 2. The number of benzene rings is 1. The van der Waals surface area contributed by atoms with Crippen molar-refractivity contribution in [2.75, 3.05) is 13.1 Å². The van der Waals surface area contributed by atoms with Gasteiger partial charge in [0, 0.05) is 31.8 Å². The number of amidine groups is 1. The summed E-state index contributed by atoms with van der Waals surface area (Å²) in [5.41, 5.74) is 13.3. The monoisotopic (exact) mass is 452 g/mol. The number of rotatable bonds is 8. The molecule has 178 valence electrons. The molecule has 1 saturated heterocycles. The Morgan fingerprint density at radius 1 is 1.21 bits per heavy atom. The van der Waals surface area contributed by atoms with E-state index >= 15 is 0 Å². The Labute approximate surface area is 196 Å². The Morgan fingerprint density at radius 3 is 2.33 bits per heavy atom. The Kier molecular flexibility index (Phi) is 9.61. The highest BCUT2D eigenvalue weighted by Gasteiger charge is 2.34. The molecular weight excluding hydrogens is 416 g/mol. The lowest BCUT2D eigenvalue weighted by Crippen LogP contribution is -2.51. The number of aliphatic imine (C=N–C) groups is 1. The second-order valence-electron chi connectivity index (χ2n) is 8.55. The molecule has 33 heavy (non-hydrogen) atoms. The molecule has 2 fully saturated rings. The van der Waals surface area contributed by atoms with Crippen molar-refractivity contribution in [1.29, 1.82) is 5.26 Å². The minimum atomic E-state index is -0.763. The minimum absolute atomic E-state index is 0.0339. The smallest absolute Gasteiger partial charge is 0.253 e. The molecule has 1 saturated carbocycles. The molecule has 8 nitrogen and oxygen atoms in total. The van der Waals surface area contributed by atoms with Gasteiger partial charge in [0.25, 0.3) is 11.8 Å². The fourth-order valence-electron chi connectivity index (χ4n) is 3.71. The minimum Gasteiger partial charge on any atom is -0.384 e. The lowest BCUT2D eigenvalue weighted by Gasteiger charge is -2.41. The molecule has 3 rings (SSSR count). The van der Waals surface area contributed by atoms with Crippen LogP contribution in [-0.4, -0.2) is 41.2 Å². The van der Waals surface area contributed by atoms with Crippen LogP contribution in [0.2, 0.25) is 0 Å². The number of carbonyl (C=O) groups is 2. The molecule has 0 radical (unpaired) electrons. The average molecular weight is 453 g/mol. The fourth-order valence-corrected chi connectivity index (χ4v) is 3.71. The summed E-state index contributed by atoms with van der Waals surface area (Å²) < 4.78 is 0. The van der Waals surface area contributed by atoms with Gasteiger partial charge in [-0.3, -0.25) is 14.5 Å². The van der Waals surface area contributed by atoms with Crippen LogP contribution in [0.1, 0.15) is 57.1 Å². The van der Waals surface area contributed by atoms with Gasteiger partial charge in [0.15, 0.2) is 0 Å². The SMILES string of the molecule is CC.Cc1ccc(CN2CCC(CC#N)(N/C=C(/C(N)=O)C(N)=NC(=O)C3CC3)CC2)cc1. The number of nitrogens with two attached hydrogens (primary N) is 2. The molecule has 2 aliphatic rings. The van der Waals surface area contributed by atoms with E-state index in [2.05, 4.69) is 52.5 Å². The number of nitriles is 1. The van der Waals surface area contributed by atoms with E-state index in [1.165, 1.54) is 17.3 Å². The highest BCUT2D eigenvalue weighted by Crippen LogP contribution is 2.30. The van der Waals surface area contributed by atoms with Crippen molar-refractivity contribution in [3.63, 3.8) is 0 Å². The molecule has 1 aliphatic heterocycles. The number of nitrogens with one attached hydrogen (secondary N) is 1. The molecule has 0 bridgehead atoms. The highest BCUT2D eigenvalue weighted by molar-refractivity contribution is 6.21. The average Bonchev–Trinajstić information content (AvgIpc) is 3.64. The van der Waals surface area contributed by atoms with E-state index < -0.39 is 11.4 Å². The quantitative estimate of drug-likeness (QED) is 0.315. The number of aryl methyl sites for hydroxylation is 1. The van der Waals surface area contributed by atoms with Gasteiger partial charge in [-0.05, 0) is 38.2 Å². The topological polar surface area (TPSA) is 138 Å². The first kappa shape index (κ1) is 26.1. The highest BCUT2D eigenvalue weighted by atomic mass is 16.2. The van der Waals surface area contributed by atoms with Crippen LogP contribution in [0.5, 0.6) is 0 Å². The maximum Gasteiger partial charge on any atom is 0.253 e. The first-order chi connectivity index (χ1) is 15.8. The number of nitrogens with zero attached hydrogens (tertiary/aromatic N) is 3. The number of piperidine rings is 1. The van der Waals surface area contributed by atoms with Crippen LogP contribution in [-0.2, 0) is 16.1 Å².